The van der Waals surface area contributed by atoms with Gasteiger partial charge in [-0.1, -0.05) is 0 Å². The number of anilines is 1. The summed E-state index contributed by atoms with van der Waals surface area (Å²) in [6.07, 6.45) is 2.83. The van der Waals surface area contributed by atoms with E-state index < -0.39 is 26.0 Å². The number of phenolic OH excluding ortho intramolecular Hbond substituents is 1. The molecule has 0 aliphatic rings. The van der Waals surface area contributed by atoms with Crippen molar-refractivity contribution in [3.05, 3.63) is 46.7 Å². The molecule has 0 bridgehead atoms. The average molecular weight is 477 g/mol. The van der Waals surface area contributed by atoms with E-state index in [4.69, 9.17) is 13.3 Å². The predicted molar refractivity (Wildman–Crippen MR) is 91.8 cm³/mol. The summed E-state index contributed by atoms with van der Waals surface area (Å²) in [5.74, 6) is -1.84. The maximum Gasteiger partial charge on any atom is 0.337 e. The Morgan fingerprint density at radius 2 is 1.88 bits per heavy atom. The molecular formula is C14H14AsBrN2O7. The molecule has 5 N–H and O–H groups in total. The van der Waals surface area contributed by atoms with Crippen LogP contribution in [0.15, 0.2) is 41.1 Å². The number of phenols is 1. The summed E-state index contributed by atoms with van der Waals surface area (Å²) in [6.45, 7) is 1.18. The number of rotatable bonds is 3. The summed E-state index contributed by atoms with van der Waals surface area (Å²) in [5, 5.41) is 20.0. The van der Waals surface area contributed by atoms with Gasteiger partial charge in [0.25, 0.3) is 0 Å². The van der Waals surface area contributed by atoms with Gasteiger partial charge in [0.1, 0.15) is 0 Å². The molecule has 0 saturated carbocycles. The summed E-state index contributed by atoms with van der Waals surface area (Å²) < 4.78 is 29.4. The minimum Gasteiger partial charge on any atom is -0.478 e. The van der Waals surface area contributed by atoms with Gasteiger partial charge in [-0.3, -0.25) is 4.98 Å². The standard InChI is InChI=1S/C8H10AsNO5.C6H4BrNO2/c1-5(11)10-8-6(9(13,14)15)3-2-4-7(8)12;7-5-1-4(6(9)10)2-8-3-5/h2-4,12H,1H3,(H,10,11)(H2,13,14,15);1-3H,(H,9,10). The Kier molecular flexibility index (Phi) is 7.37. The van der Waals surface area contributed by atoms with Gasteiger partial charge in [0.2, 0.25) is 0 Å². The Balaban J connectivity index is 0.000000271. The van der Waals surface area contributed by atoms with Crippen molar-refractivity contribution in [3.8, 4) is 5.75 Å². The van der Waals surface area contributed by atoms with Gasteiger partial charge >= 0.3 is 94.1 Å². The number of nitrogens with zero attached hydrogens (tertiary/aromatic N) is 1. The normalized spacial score (nSPS) is 10.4. The van der Waals surface area contributed by atoms with Crippen molar-refractivity contribution in [1.29, 1.82) is 0 Å². The Morgan fingerprint density at radius 1 is 1.24 bits per heavy atom. The van der Waals surface area contributed by atoms with Gasteiger partial charge in [-0.2, -0.15) is 0 Å². The molecule has 1 aromatic heterocycles. The first-order chi connectivity index (χ1) is 11.5. The van der Waals surface area contributed by atoms with Gasteiger partial charge in [0.05, 0.1) is 5.56 Å². The van der Waals surface area contributed by atoms with Crippen LogP contribution in [0, 0.1) is 0 Å². The first-order valence-electron chi connectivity index (χ1n) is 6.52. The fourth-order valence-electron chi connectivity index (χ4n) is 1.60. The molecule has 0 atom stereocenters. The number of amides is 1. The van der Waals surface area contributed by atoms with Crippen LogP contribution in [0.4, 0.5) is 5.69 Å². The number of para-hydroxylation sites is 1. The first-order valence-corrected chi connectivity index (χ1v) is 10.7. The van der Waals surface area contributed by atoms with E-state index in [0.717, 1.165) is 0 Å². The van der Waals surface area contributed by atoms with Crippen LogP contribution >= 0.6 is 15.9 Å². The molecule has 0 aliphatic carbocycles. The molecule has 0 fully saturated rings. The maximum absolute atomic E-state index is 11.1. The van der Waals surface area contributed by atoms with Crippen molar-refractivity contribution >= 4 is 52.0 Å². The smallest absolute Gasteiger partial charge is 0.337 e. The molecule has 0 saturated heterocycles. The SMILES string of the molecule is CC(=O)Nc1c(O)cccc1[As](=O)(O)O.O=C(O)c1cncc(Br)c1. The van der Waals surface area contributed by atoms with Crippen LogP contribution < -0.4 is 9.67 Å². The number of aromatic hydroxyl groups is 1. The molecule has 2 aromatic rings. The maximum atomic E-state index is 11.1. The third-order valence-corrected chi connectivity index (χ3v) is 5.12. The third-order valence-electron chi connectivity index (χ3n) is 2.59. The third kappa shape index (κ3) is 6.71. The number of hydrogen-bond donors (Lipinski definition) is 5. The van der Waals surface area contributed by atoms with Gasteiger partial charge in [-0.15, -0.1) is 0 Å². The van der Waals surface area contributed by atoms with Crippen molar-refractivity contribution in [1.82, 2.24) is 4.98 Å². The number of carboxylic acids is 1. The summed E-state index contributed by atoms with van der Waals surface area (Å²) in [5.41, 5.74) is -0.0353. The van der Waals surface area contributed by atoms with Crippen molar-refractivity contribution in [2.45, 2.75) is 6.92 Å². The second kappa shape index (κ2) is 8.82. The van der Waals surface area contributed by atoms with Crippen molar-refractivity contribution < 1.29 is 31.7 Å². The molecule has 25 heavy (non-hydrogen) atoms. The summed E-state index contributed by atoms with van der Waals surface area (Å²) in [4.78, 5) is 24.7. The van der Waals surface area contributed by atoms with E-state index in [1.54, 1.807) is 0 Å². The van der Waals surface area contributed by atoms with E-state index in [9.17, 15) is 18.4 Å². The quantitative estimate of drug-likeness (QED) is 0.315. The molecule has 1 aromatic carbocycles. The minimum atomic E-state index is -5.14. The molecule has 9 nitrogen and oxygen atoms in total. The minimum absolute atomic E-state index is 0.189. The van der Waals surface area contributed by atoms with Crippen LogP contribution in [0.1, 0.15) is 17.3 Å². The van der Waals surface area contributed by atoms with Gasteiger partial charge in [0, 0.05) is 16.9 Å². The number of hydrogen-bond acceptors (Lipinski definition) is 5. The Hall–Kier alpha value is -2.13. The van der Waals surface area contributed by atoms with E-state index >= 15 is 0 Å². The Morgan fingerprint density at radius 3 is 2.32 bits per heavy atom. The monoisotopic (exact) mass is 476 g/mol. The molecule has 1 heterocycles. The number of pyridine rings is 1. The molecule has 0 aliphatic heterocycles. The number of aromatic carboxylic acids is 1. The zero-order valence-corrected chi connectivity index (χ0v) is 16.2. The molecule has 2 rings (SSSR count). The fraction of sp³-hybridized carbons (Fsp3) is 0.0714. The number of carboxylic acid groups (broad SMARTS) is 1. The van der Waals surface area contributed by atoms with E-state index in [2.05, 4.69) is 26.2 Å². The molecule has 134 valence electrons. The summed E-state index contributed by atoms with van der Waals surface area (Å²) in [7, 11) is 0. The number of carbonyl (C=O) groups is 2. The molecule has 0 unspecified atom stereocenters. The van der Waals surface area contributed by atoms with Crippen molar-refractivity contribution in [3.63, 3.8) is 0 Å². The number of halogens is 1. The van der Waals surface area contributed by atoms with E-state index in [0.29, 0.717) is 4.47 Å². The largest absolute Gasteiger partial charge is 0.478 e. The molecule has 11 heteroatoms. The van der Waals surface area contributed by atoms with Crippen LogP contribution in [0.2, 0.25) is 0 Å². The Bertz CT molecular complexity index is 838. The van der Waals surface area contributed by atoms with Gasteiger partial charge < -0.3 is 5.11 Å². The van der Waals surface area contributed by atoms with Crippen LogP contribution in [0.5, 0.6) is 5.75 Å². The van der Waals surface area contributed by atoms with Gasteiger partial charge in [-0.05, 0) is 22.0 Å². The van der Waals surface area contributed by atoms with Crippen LogP contribution in [-0.4, -0.2) is 49.4 Å². The second-order valence-corrected chi connectivity index (χ2v) is 8.80. The molecule has 0 radical (unpaired) electrons. The van der Waals surface area contributed by atoms with Gasteiger partial charge in [-0.25, -0.2) is 4.79 Å². The average Bonchev–Trinajstić information content (AvgIpc) is 2.48. The predicted octanol–water partition coefficient (Wildman–Crippen LogP) is 0.454. The van der Waals surface area contributed by atoms with E-state index in [1.807, 2.05) is 0 Å². The Labute approximate surface area is 153 Å². The molecule has 1 amide bonds. The summed E-state index contributed by atoms with van der Waals surface area (Å²) in [6, 6.07) is 5.21. The number of carbonyl (C=O) groups excluding carboxylic acids is 1. The van der Waals surface area contributed by atoms with Crippen LogP contribution in [0.25, 0.3) is 0 Å². The zero-order chi connectivity index (χ0) is 19.2. The van der Waals surface area contributed by atoms with Crippen molar-refractivity contribution in [2.24, 2.45) is 0 Å². The van der Waals surface area contributed by atoms with Crippen LogP contribution in [0.3, 0.4) is 0 Å². The first kappa shape index (κ1) is 20.9. The number of benzene rings is 1. The van der Waals surface area contributed by atoms with Crippen molar-refractivity contribution in [2.75, 3.05) is 5.32 Å². The van der Waals surface area contributed by atoms with E-state index in [1.165, 1.54) is 43.6 Å². The summed E-state index contributed by atoms with van der Waals surface area (Å²) >= 11 is -2.04. The van der Waals surface area contributed by atoms with E-state index in [-0.39, 0.29) is 21.4 Å². The molecule has 0 spiro atoms. The van der Waals surface area contributed by atoms with Gasteiger partial charge in [0.15, 0.2) is 0 Å². The fourth-order valence-corrected chi connectivity index (χ4v) is 3.53. The number of nitrogens with one attached hydrogen (secondary N) is 1. The number of aromatic nitrogens is 1. The van der Waals surface area contributed by atoms with Crippen LogP contribution in [-0.2, 0) is 8.53 Å². The molecular weight excluding hydrogens is 463 g/mol. The second-order valence-electron chi connectivity index (χ2n) is 4.59. The zero-order valence-electron chi connectivity index (χ0n) is 12.8. The topological polar surface area (TPSA) is 157 Å².